The van der Waals surface area contributed by atoms with E-state index in [4.69, 9.17) is 0 Å². The summed E-state index contributed by atoms with van der Waals surface area (Å²) in [6.45, 7) is 5.18. The highest BCUT2D eigenvalue weighted by molar-refractivity contribution is 5.83. The first kappa shape index (κ1) is 9.07. The first-order valence-corrected chi connectivity index (χ1v) is 4.98. The van der Waals surface area contributed by atoms with Crippen molar-refractivity contribution < 1.29 is 0 Å². The third-order valence-corrected chi connectivity index (χ3v) is 2.53. The molecule has 0 atom stereocenters. The molecule has 0 spiro atoms. The molecule has 0 aliphatic heterocycles. The Balaban J connectivity index is 2.55. The van der Waals surface area contributed by atoms with Crippen molar-refractivity contribution >= 4 is 10.9 Å². The van der Waals surface area contributed by atoms with Crippen molar-refractivity contribution in [1.29, 1.82) is 0 Å². The van der Waals surface area contributed by atoms with Crippen LogP contribution in [0.2, 0.25) is 0 Å². The van der Waals surface area contributed by atoms with Crippen molar-refractivity contribution in [2.45, 2.75) is 20.4 Å². The van der Waals surface area contributed by atoms with Crippen molar-refractivity contribution in [3.8, 4) is 0 Å². The van der Waals surface area contributed by atoms with Gasteiger partial charge in [0.05, 0.1) is 0 Å². The van der Waals surface area contributed by atoms with Crippen molar-refractivity contribution in [3.05, 3.63) is 48.2 Å². The summed E-state index contributed by atoms with van der Waals surface area (Å²) in [6.07, 6.45) is 6.47. The quantitative estimate of drug-likeness (QED) is 0.631. The minimum atomic E-state index is 0.963. The van der Waals surface area contributed by atoms with Crippen LogP contribution in [0.3, 0.4) is 0 Å². The number of aryl methyl sites for hydroxylation is 1. The number of aromatic nitrogens is 1. The zero-order chi connectivity index (χ0) is 9.97. The lowest BCUT2D eigenvalue weighted by Crippen LogP contribution is -1.91. The normalized spacial score (nSPS) is 11.6. The Morgan fingerprint density at radius 1 is 1.29 bits per heavy atom. The van der Waals surface area contributed by atoms with E-state index in [1.807, 2.05) is 0 Å². The highest BCUT2D eigenvalue weighted by Crippen LogP contribution is 2.20. The Bertz CT molecular complexity index is 463. The summed E-state index contributed by atoms with van der Waals surface area (Å²) < 4.78 is 2.28. The van der Waals surface area contributed by atoms with E-state index in [0.717, 1.165) is 6.54 Å². The lowest BCUT2D eigenvalue weighted by Gasteiger charge is -1.99. The van der Waals surface area contributed by atoms with Gasteiger partial charge < -0.3 is 4.57 Å². The molecule has 1 nitrogen and oxygen atoms in total. The SMILES string of the molecule is C/C=C/Cn1cc(C)c2ccccc21. The summed E-state index contributed by atoms with van der Waals surface area (Å²) >= 11 is 0. The molecule has 0 saturated heterocycles. The molecule has 2 rings (SSSR count). The number of rotatable bonds is 2. The Morgan fingerprint density at radius 2 is 2.07 bits per heavy atom. The highest BCUT2D eigenvalue weighted by Gasteiger charge is 2.01. The second-order valence-corrected chi connectivity index (χ2v) is 3.55. The smallest absolute Gasteiger partial charge is 0.0485 e. The Hall–Kier alpha value is -1.50. The molecular weight excluding hydrogens is 170 g/mol. The fraction of sp³-hybridized carbons (Fsp3) is 0.231. The molecule has 0 N–H and O–H groups in total. The van der Waals surface area contributed by atoms with E-state index < -0.39 is 0 Å². The Labute approximate surface area is 84.7 Å². The predicted octanol–water partition coefficient (Wildman–Crippen LogP) is 3.53. The van der Waals surface area contributed by atoms with E-state index in [-0.39, 0.29) is 0 Å². The Kier molecular flexibility index (Phi) is 2.40. The highest BCUT2D eigenvalue weighted by atomic mass is 14.9. The minimum absolute atomic E-state index is 0.963. The standard InChI is InChI=1S/C13H15N/c1-3-4-9-14-10-11(2)12-7-5-6-8-13(12)14/h3-8,10H,9H2,1-2H3/b4-3+. The number of hydrogen-bond donors (Lipinski definition) is 0. The molecule has 0 unspecified atom stereocenters. The number of allylic oxidation sites excluding steroid dienone is 2. The van der Waals surface area contributed by atoms with Gasteiger partial charge in [-0.2, -0.15) is 0 Å². The molecule has 72 valence electrons. The molecule has 1 aromatic carbocycles. The van der Waals surface area contributed by atoms with Gasteiger partial charge in [-0.3, -0.25) is 0 Å². The van der Waals surface area contributed by atoms with Gasteiger partial charge in [0.2, 0.25) is 0 Å². The molecule has 1 heterocycles. The monoisotopic (exact) mass is 185 g/mol. The van der Waals surface area contributed by atoms with Gasteiger partial charge in [-0.15, -0.1) is 0 Å². The third kappa shape index (κ3) is 1.46. The summed E-state index contributed by atoms with van der Waals surface area (Å²) in [5.74, 6) is 0. The summed E-state index contributed by atoms with van der Waals surface area (Å²) in [5, 5.41) is 1.36. The fourth-order valence-corrected chi connectivity index (χ4v) is 1.80. The van der Waals surface area contributed by atoms with Crippen LogP contribution in [-0.4, -0.2) is 4.57 Å². The summed E-state index contributed by atoms with van der Waals surface area (Å²) in [6, 6.07) is 8.53. The lowest BCUT2D eigenvalue weighted by molar-refractivity contribution is 0.859. The van der Waals surface area contributed by atoms with Gasteiger partial charge in [-0.05, 0) is 25.5 Å². The summed E-state index contributed by atoms with van der Waals surface area (Å²) in [5.41, 5.74) is 2.67. The van der Waals surface area contributed by atoms with Crippen molar-refractivity contribution in [1.82, 2.24) is 4.57 Å². The van der Waals surface area contributed by atoms with Crippen LogP contribution in [0.1, 0.15) is 12.5 Å². The topological polar surface area (TPSA) is 4.93 Å². The van der Waals surface area contributed by atoms with Gasteiger partial charge in [-0.1, -0.05) is 30.4 Å². The maximum absolute atomic E-state index is 2.28. The van der Waals surface area contributed by atoms with Crippen LogP contribution in [0.15, 0.2) is 42.6 Å². The second kappa shape index (κ2) is 3.70. The summed E-state index contributed by atoms with van der Waals surface area (Å²) in [7, 11) is 0. The molecule has 0 saturated carbocycles. The van der Waals surface area contributed by atoms with Crippen molar-refractivity contribution in [2.24, 2.45) is 0 Å². The van der Waals surface area contributed by atoms with Gasteiger partial charge in [0.25, 0.3) is 0 Å². The van der Waals surface area contributed by atoms with E-state index in [1.165, 1.54) is 16.5 Å². The van der Waals surface area contributed by atoms with Gasteiger partial charge in [0.15, 0.2) is 0 Å². The van der Waals surface area contributed by atoms with Crippen LogP contribution in [0.4, 0.5) is 0 Å². The van der Waals surface area contributed by atoms with Crippen LogP contribution in [0, 0.1) is 6.92 Å². The van der Waals surface area contributed by atoms with E-state index in [2.05, 4.69) is 61.0 Å². The molecule has 1 heteroatoms. The predicted molar refractivity (Wildman–Crippen MR) is 61.5 cm³/mol. The molecule has 0 bridgehead atoms. The largest absolute Gasteiger partial charge is 0.343 e. The zero-order valence-corrected chi connectivity index (χ0v) is 8.70. The number of para-hydroxylation sites is 1. The van der Waals surface area contributed by atoms with E-state index in [9.17, 15) is 0 Å². The van der Waals surface area contributed by atoms with E-state index >= 15 is 0 Å². The van der Waals surface area contributed by atoms with Crippen LogP contribution in [0.5, 0.6) is 0 Å². The molecule has 0 fully saturated rings. The van der Waals surface area contributed by atoms with Crippen LogP contribution in [-0.2, 0) is 6.54 Å². The van der Waals surface area contributed by atoms with Crippen LogP contribution >= 0.6 is 0 Å². The van der Waals surface area contributed by atoms with E-state index in [1.54, 1.807) is 0 Å². The average molecular weight is 185 g/mol. The number of fused-ring (bicyclic) bond motifs is 1. The second-order valence-electron chi connectivity index (χ2n) is 3.55. The van der Waals surface area contributed by atoms with Gasteiger partial charge in [0.1, 0.15) is 0 Å². The van der Waals surface area contributed by atoms with Gasteiger partial charge in [0, 0.05) is 23.6 Å². The number of benzene rings is 1. The van der Waals surface area contributed by atoms with Gasteiger partial charge >= 0.3 is 0 Å². The molecular formula is C13H15N. The molecule has 2 aromatic rings. The molecule has 0 amide bonds. The maximum atomic E-state index is 2.28. The molecule has 14 heavy (non-hydrogen) atoms. The van der Waals surface area contributed by atoms with Crippen LogP contribution < -0.4 is 0 Å². The van der Waals surface area contributed by atoms with E-state index in [0.29, 0.717) is 0 Å². The molecule has 0 aliphatic rings. The number of nitrogens with zero attached hydrogens (tertiary/aromatic N) is 1. The molecule has 0 radical (unpaired) electrons. The number of hydrogen-bond acceptors (Lipinski definition) is 0. The average Bonchev–Trinajstić information content (AvgIpc) is 2.54. The van der Waals surface area contributed by atoms with Crippen molar-refractivity contribution in [3.63, 3.8) is 0 Å². The zero-order valence-electron chi connectivity index (χ0n) is 8.70. The maximum Gasteiger partial charge on any atom is 0.0485 e. The third-order valence-electron chi connectivity index (χ3n) is 2.53. The molecule has 0 aliphatic carbocycles. The van der Waals surface area contributed by atoms with Gasteiger partial charge in [-0.25, -0.2) is 0 Å². The van der Waals surface area contributed by atoms with Crippen molar-refractivity contribution in [2.75, 3.05) is 0 Å². The van der Waals surface area contributed by atoms with Crippen LogP contribution in [0.25, 0.3) is 10.9 Å². The fourth-order valence-electron chi connectivity index (χ4n) is 1.80. The Morgan fingerprint density at radius 3 is 2.86 bits per heavy atom. The first-order chi connectivity index (χ1) is 6.83. The minimum Gasteiger partial charge on any atom is -0.343 e. The lowest BCUT2D eigenvalue weighted by atomic mass is 10.2. The molecule has 1 aromatic heterocycles. The first-order valence-electron chi connectivity index (χ1n) is 4.98. The summed E-state index contributed by atoms with van der Waals surface area (Å²) in [4.78, 5) is 0.